The Hall–Kier alpha value is -1.17. The van der Waals surface area contributed by atoms with Gasteiger partial charge in [-0.05, 0) is 70.3 Å². The number of unbranched alkanes of at least 4 members (excludes halogenated alkanes) is 1. The summed E-state index contributed by atoms with van der Waals surface area (Å²) >= 11 is 1.34. The lowest BCUT2D eigenvalue weighted by atomic mass is 10.1. The van der Waals surface area contributed by atoms with Crippen molar-refractivity contribution >= 4 is 21.6 Å². The van der Waals surface area contributed by atoms with Crippen LogP contribution >= 0.6 is 11.3 Å². The summed E-state index contributed by atoms with van der Waals surface area (Å²) in [7, 11) is 4.04. The van der Waals surface area contributed by atoms with Crippen LogP contribution in [0, 0.1) is 0 Å². The molecule has 0 saturated heterocycles. The van der Waals surface area contributed by atoms with Crippen molar-refractivity contribution in [2.45, 2.75) is 51.2 Å². The Balaban J connectivity index is 1.45. The third-order valence-corrected chi connectivity index (χ3v) is 5.79. The van der Waals surface area contributed by atoms with Crippen molar-refractivity contribution in [1.29, 1.82) is 0 Å². The number of nitrogens with one attached hydrogen (secondary N) is 1. The van der Waals surface area contributed by atoms with Gasteiger partial charge in [0.25, 0.3) is 0 Å². The van der Waals surface area contributed by atoms with E-state index >= 15 is 0 Å². The first-order chi connectivity index (χ1) is 11.0. The molecule has 1 aliphatic rings. The van der Waals surface area contributed by atoms with Crippen molar-refractivity contribution < 1.29 is 0 Å². The Morgan fingerprint density at radius 2 is 2.17 bits per heavy atom. The highest BCUT2D eigenvalue weighted by Crippen LogP contribution is 2.20. The summed E-state index contributed by atoms with van der Waals surface area (Å²) in [5.74, 6) is 0. The van der Waals surface area contributed by atoms with Gasteiger partial charge in [-0.25, -0.2) is 0 Å². The fourth-order valence-electron chi connectivity index (χ4n) is 2.94. The number of hydrogen-bond donors (Lipinski definition) is 1. The van der Waals surface area contributed by atoms with Crippen LogP contribution in [0.4, 0.5) is 0 Å². The number of rotatable bonds is 8. The molecule has 4 nitrogen and oxygen atoms in total. The van der Waals surface area contributed by atoms with Crippen LogP contribution in [0.25, 0.3) is 10.2 Å². The molecule has 1 aliphatic carbocycles. The van der Waals surface area contributed by atoms with Crippen molar-refractivity contribution in [3.63, 3.8) is 0 Å². The van der Waals surface area contributed by atoms with Crippen LogP contribution in [0.3, 0.4) is 0 Å². The number of aryl methyl sites for hydroxylation is 2. The summed E-state index contributed by atoms with van der Waals surface area (Å²) in [6.45, 7) is 3.38. The predicted molar refractivity (Wildman–Crippen MR) is 98.3 cm³/mol. The highest BCUT2D eigenvalue weighted by Gasteiger charge is 2.23. The second kappa shape index (κ2) is 7.16. The molecule has 126 valence electrons. The molecule has 1 fully saturated rings. The molecule has 2 aromatic rings. The summed E-state index contributed by atoms with van der Waals surface area (Å²) in [5.41, 5.74) is 2.38. The number of aromatic nitrogens is 1. The minimum absolute atomic E-state index is 0.121. The van der Waals surface area contributed by atoms with Gasteiger partial charge in [0, 0.05) is 13.1 Å². The van der Waals surface area contributed by atoms with Gasteiger partial charge in [-0.15, -0.1) is 0 Å². The molecule has 1 saturated carbocycles. The fourth-order valence-corrected chi connectivity index (χ4v) is 3.88. The number of hydrogen-bond acceptors (Lipinski definition) is 4. The zero-order valence-corrected chi connectivity index (χ0v) is 15.2. The summed E-state index contributed by atoms with van der Waals surface area (Å²) in [6, 6.07) is 7.19. The van der Waals surface area contributed by atoms with Crippen LogP contribution in [0.2, 0.25) is 0 Å². The van der Waals surface area contributed by atoms with Crippen LogP contribution in [-0.2, 0) is 13.5 Å². The molecule has 0 radical (unpaired) electrons. The Kier molecular flexibility index (Phi) is 5.19. The first kappa shape index (κ1) is 16.7. The lowest BCUT2D eigenvalue weighted by Gasteiger charge is -2.25. The molecule has 3 rings (SSSR count). The number of nitrogens with zero attached hydrogens (tertiary/aromatic N) is 2. The minimum atomic E-state index is 0.121. The van der Waals surface area contributed by atoms with E-state index in [-0.39, 0.29) is 4.87 Å². The molecule has 1 aromatic heterocycles. The minimum Gasteiger partial charge on any atom is -0.302 e. The number of thiazole rings is 1. The average Bonchev–Trinajstić information content (AvgIpc) is 3.29. The number of fused-ring (bicyclic) bond motifs is 1. The van der Waals surface area contributed by atoms with E-state index in [0.29, 0.717) is 6.17 Å². The summed E-state index contributed by atoms with van der Waals surface area (Å²) < 4.78 is 2.84. The normalized spacial score (nSPS) is 16.3. The van der Waals surface area contributed by atoms with E-state index in [4.69, 9.17) is 0 Å². The van der Waals surface area contributed by atoms with Crippen LogP contribution in [0.15, 0.2) is 23.0 Å². The molecule has 1 heterocycles. The van der Waals surface area contributed by atoms with Crippen molar-refractivity contribution in [1.82, 2.24) is 14.8 Å². The Morgan fingerprint density at radius 3 is 2.91 bits per heavy atom. The number of benzene rings is 1. The van der Waals surface area contributed by atoms with Gasteiger partial charge in [-0.3, -0.25) is 15.0 Å². The molecule has 1 atom stereocenters. The van der Waals surface area contributed by atoms with Gasteiger partial charge in [0.05, 0.1) is 16.4 Å². The van der Waals surface area contributed by atoms with Crippen molar-refractivity contribution in [2.75, 3.05) is 13.6 Å². The highest BCUT2D eigenvalue weighted by molar-refractivity contribution is 7.16. The van der Waals surface area contributed by atoms with Crippen molar-refractivity contribution in [3.8, 4) is 0 Å². The van der Waals surface area contributed by atoms with Crippen LogP contribution < -0.4 is 10.2 Å². The van der Waals surface area contributed by atoms with Crippen LogP contribution in [0.1, 0.15) is 38.2 Å². The lowest BCUT2D eigenvalue weighted by molar-refractivity contribution is 0.214. The second-order valence-corrected chi connectivity index (χ2v) is 7.78. The molecule has 1 N–H and O–H groups in total. The van der Waals surface area contributed by atoms with Gasteiger partial charge in [-0.2, -0.15) is 0 Å². The molecule has 0 bridgehead atoms. The van der Waals surface area contributed by atoms with Gasteiger partial charge in [-0.1, -0.05) is 17.4 Å². The smallest absolute Gasteiger partial charge is 0.302 e. The Bertz CT molecular complexity index is 717. The SMILES string of the molecule is CC(NC1CC1)N(C)CCCCc1ccc2c(c1)sc(=O)n2C. The van der Waals surface area contributed by atoms with E-state index in [1.807, 2.05) is 7.05 Å². The van der Waals surface area contributed by atoms with Gasteiger partial charge in [0.1, 0.15) is 0 Å². The highest BCUT2D eigenvalue weighted by atomic mass is 32.1. The quantitative estimate of drug-likeness (QED) is 0.596. The van der Waals surface area contributed by atoms with Crippen molar-refractivity contribution in [3.05, 3.63) is 33.4 Å². The van der Waals surface area contributed by atoms with E-state index in [2.05, 4.69) is 42.4 Å². The molecular weight excluding hydrogens is 306 g/mol. The summed E-state index contributed by atoms with van der Waals surface area (Å²) in [4.78, 5) is 14.2. The second-order valence-electron chi connectivity index (χ2n) is 6.78. The molecule has 0 aliphatic heterocycles. The maximum Gasteiger partial charge on any atom is 0.307 e. The Morgan fingerprint density at radius 1 is 1.39 bits per heavy atom. The first-order valence-electron chi connectivity index (χ1n) is 8.59. The molecule has 1 unspecified atom stereocenters. The molecule has 23 heavy (non-hydrogen) atoms. The fraction of sp³-hybridized carbons (Fsp3) is 0.611. The maximum absolute atomic E-state index is 11.7. The van der Waals surface area contributed by atoms with Gasteiger partial charge in [0.2, 0.25) is 0 Å². The van der Waals surface area contributed by atoms with E-state index in [9.17, 15) is 4.79 Å². The zero-order chi connectivity index (χ0) is 16.4. The van der Waals surface area contributed by atoms with Gasteiger partial charge < -0.3 is 4.57 Å². The topological polar surface area (TPSA) is 37.3 Å². The first-order valence-corrected chi connectivity index (χ1v) is 9.41. The van der Waals surface area contributed by atoms with Crippen LogP contribution in [-0.4, -0.2) is 35.3 Å². The Labute approximate surface area is 142 Å². The average molecular weight is 334 g/mol. The van der Waals surface area contributed by atoms with Crippen molar-refractivity contribution in [2.24, 2.45) is 7.05 Å². The molecule has 0 spiro atoms. The van der Waals surface area contributed by atoms with E-state index in [1.54, 1.807) is 4.57 Å². The van der Waals surface area contributed by atoms with Gasteiger partial charge >= 0.3 is 4.87 Å². The largest absolute Gasteiger partial charge is 0.307 e. The molecule has 0 amide bonds. The standard InChI is InChI=1S/C18H27N3OS/c1-13(19-15-8-9-15)20(2)11-5-4-6-14-7-10-16-17(12-14)23-18(22)21(16)3/h7,10,12-13,15,19H,4-6,8-9,11H2,1-3H3. The van der Waals surface area contributed by atoms with E-state index in [1.165, 1.54) is 42.6 Å². The van der Waals surface area contributed by atoms with E-state index < -0.39 is 0 Å². The van der Waals surface area contributed by atoms with Crippen LogP contribution in [0.5, 0.6) is 0 Å². The molecular formula is C18H27N3OS. The zero-order valence-electron chi connectivity index (χ0n) is 14.3. The van der Waals surface area contributed by atoms with Gasteiger partial charge in [0.15, 0.2) is 0 Å². The van der Waals surface area contributed by atoms with E-state index in [0.717, 1.165) is 29.2 Å². The summed E-state index contributed by atoms with van der Waals surface area (Å²) in [5, 5.41) is 3.64. The third-order valence-electron chi connectivity index (χ3n) is 4.80. The third kappa shape index (κ3) is 4.22. The summed E-state index contributed by atoms with van der Waals surface area (Å²) in [6.07, 6.45) is 6.63. The maximum atomic E-state index is 11.7. The molecule has 5 heteroatoms. The molecule has 1 aromatic carbocycles. The predicted octanol–water partition coefficient (Wildman–Crippen LogP) is 2.95. The monoisotopic (exact) mass is 333 g/mol. The lowest BCUT2D eigenvalue weighted by Crippen LogP contribution is -2.42.